The van der Waals surface area contributed by atoms with Gasteiger partial charge in [0.05, 0.1) is 4.90 Å². The van der Waals surface area contributed by atoms with E-state index >= 15 is 0 Å². The van der Waals surface area contributed by atoms with E-state index in [1.165, 1.54) is 0 Å². The van der Waals surface area contributed by atoms with Crippen molar-refractivity contribution < 1.29 is 8.42 Å². The van der Waals surface area contributed by atoms with Crippen molar-refractivity contribution in [3.8, 4) is 0 Å². The number of thioether (sulfide) groups is 2. The van der Waals surface area contributed by atoms with Gasteiger partial charge in [-0.3, -0.25) is 0 Å². The second kappa shape index (κ2) is 7.02. The molecule has 0 aliphatic carbocycles. The van der Waals surface area contributed by atoms with Crippen LogP contribution in [0.15, 0.2) is 29.2 Å². The van der Waals surface area contributed by atoms with Crippen LogP contribution in [0.1, 0.15) is 5.56 Å². The second-order valence-corrected chi connectivity index (χ2v) is 8.83. The molecule has 0 radical (unpaired) electrons. The highest BCUT2D eigenvalue weighted by atomic mass is 32.2. The molecular weight excluding hydrogens is 298 g/mol. The van der Waals surface area contributed by atoms with Crippen LogP contribution in [-0.2, 0) is 10.0 Å². The average Bonchev–Trinajstić information content (AvgIpc) is 2.52. The van der Waals surface area contributed by atoms with E-state index in [1.54, 1.807) is 16.4 Å². The molecular formula is C13H19NO2S3. The highest BCUT2D eigenvalue weighted by Crippen LogP contribution is 2.19. The van der Waals surface area contributed by atoms with Gasteiger partial charge in [-0.25, -0.2) is 8.42 Å². The third-order valence-electron chi connectivity index (χ3n) is 3.00. The van der Waals surface area contributed by atoms with Gasteiger partial charge in [-0.05, 0) is 19.1 Å². The molecule has 1 fully saturated rings. The molecule has 0 amide bonds. The second-order valence-electron chi connectivity index (χ2n) is 4.44. The number of hydrogen-bond acceptors (Lipinski definition) is 4. The van der Waals surface area contributed by atoms with Gasteiger partial charge in [0.25, 0.3) is 0 Å². The first-order valence-electron chi connectivity index (χ1n) is 6.33. The zero-order valence-electron chi connectivity index (χ0n) is 11.0. The largest absolute Gasteiger partial charge is 0.243 e. The van der Waals surface area contributed by atoms with E-state index < -0.39 is 10.0 Å². The Morgan fingerprint density at radius 2 is 1.47 bits per heavy atom. The third-order valence-corrected chi connectivity index (χ3v) is 7.10. The summed E-state index contributed by atoms with van der Waals surface area (Å²) in [7, 11) is -3.33. The van der Waals surface area contributed by atoms with Crippen LogP contribution in [0.3, 0.4) is 0 Å². The van der Waals surface area contributed by atoms with Crippen LogP contribution in [0.25, 0.3) is 0 Å². The molecule has 0 spiro atoms. The van der Waals surface area contributed by atoms with E-state index in [2.05, 4.69) is 0 Å². The van der Waals surface area contributed by atoms with Crippen LogP contribution in [0.5, 0.6) is 0 Å². The van der Waals surface area contributed by atoms with E-state index in [0.717, 1.165) is 28.6 Å². The lowest BCUT2D eigenvalue weighted by Gasteiger charge is -2.21. The lowest BCUT2D eigenvalue weighted by atomic mass is 10.2. The van der Waals surface area contributed by atoms with Crippen LogP contribution in [0.4, 0.5) is 0 Å². The Balaban J connectivity index is 2.18. The fraction of sp³-hybridized carbons (Fsp3) is 0.538. The minimum atomic E-state index is -3.33. The summed E-state index contributed by atoms with van der Waals surface area (Å²) in [5.74, 6) is 3.99. The fourth-order valence-corrected chi connectivity index (χ4v) is 5.59. The van der Waals surface area contributed by atoms with Gasteiger partial charge in [-0.2, -0.15) is 27.8 Å². The smallest absolute Gasteiger partial charge is 0.207 e. The minimum Gasteiger partial charge on any atom is -0.207 e. The highest BCUT2D eigenvalue weighted by molar-refractivity contribution is 8.03. The topological polar surface area (TPSA) is 37.4 Å². The molecule has 0 aromatic heterocycles. The van der Waals surface area contributed by atoms with Crippen molar-refractivity contribution in [2.24, 2.45) is 0 Å². The molecule has 0 N–H and O–H groups in total. The predicted molar refractivity (Wildman–Crippen MR) is 84.6 cm³/mol. The van der Waals surface area contributed by atoms with E-state index in [-0.39, 0.29) is 0 Å². The maximum atomic E-state index is 12.6. The van der Waals surface area contributed by atoms with Crippen molar-refractivity contribution >= 4 is 33.5 Å². The van der Waals surface area contributed by atoms with E-state index in [0.29, 0.717) is 18.0 Å². The summed E-state index contributed by atoms with van der Waals surface area (Å²) in [5.41, 5.74) is 1.08. The van der Waals surface area contributed by atoms with Crippen molar-refractivity contribution in [1.29, 1.82) is 0 Å². The number of hydrogen-bond donors (Lipinski definition) is 0. The van der Waals surface area contributed by atoms with Crippen LogP contribution in [0, 0.1) is 6.92 Å². The summed E-state index contributed by atoms with van der Waals surface area (Å²) in [6, 6.07) is 7.12. The zero-order valence-corrected chi connectivity index (χ0v) is 13.5. The van der Waals surface area contributed by atoms with Gasteiger partial charge in [0.2, 0.25) is 10.0 Å². The summed E-state index contributed by atoms with van der Waals surface area (Å²) < 4.78 is 26.8. The molecule has 6 heteroatoms. The molecule has 3 nitrogen and oxygen atoms in total. The molecule has 0 unspecified atom stereocenters. The summed E-state index contributed by atoms with van der Waals surface area (Å²) in [6.07, 6.45) is 0. The number of rotatable bonds is 2. The van der Waals surface area contributed by atoms with Crippen molar-refractivity contribution in [3.63, 3.8) is 0 Å². The van der Waals surface area contributed by atoms with E-state index in [9.17, 15) is 8.42 Å². The summed E-state index contributed by atoms with van der Waals surface area (Å²) in [5, 5.41) is 0. The minimum absolute atomic E-state index is 0.410. The molecule has 1 aromatic carbocycles. The number of nitrogens with zero attached hydrogens (tertiary/aromatic N) is 1. The quantitative estimate of drug-likeness (QED) is 0.840. The van der Waals surface area contributed by atoms with Crippen molar-refractivity contribution in [3.05, 3.63) is 29.8 Å². The Labute approximate surface area is 124 Å². The van der Waals surface area contributed by atoms with Crippen LogP contribution in [-0.4, -0.2) is 48.8 Å². The molecule has 2 rings (SSSR count). The van der Waals surface area contributed by atoms with Crippen molar-refractivity contribution in [1.82, 2.24) is 4.31 Å². The van der Waals surface area contributed by atoms with Crippen LogP contribution in [0.2, 0.25) is 0 Å². The highest BCUT2D eigenvalue weighted by Gasteiger charge is 2.24. The maximum Gasteiger partial charge on any atom is 0.243 e. The fourth-order valence-electron chi connectivity index (χ4n) is 1.87. The van der Waals surface area contributed by atoms with E-state index in [1.807, 2.05) is 42.6 Å². The SMILES string of the molecule is Cc1ccc(S(=O)(=O)N2CCSCCSCC2)cc1. The Kier molecular flexibility index (Phi) is 5.62. The van der Waals surface area contributed by atoms with Gasteiger partial charge in [0.1, 0.15) is 0 Å². The van der Waals surface area contributed by atoms with Crippen LogP contribution < -0.4 is 0 Å². The van der Waals surface area contributed by atoms with Crippen molar-refractivity contribution in [2.75, 3.05) is 36.1 Å². The monoisotopic (exact) mass is 317 g/mol. The van der Waals surface area contributed by atoms with Gasteiger partial charge in [-0.15, -0.1) is 0 Å². The molecule has 19 heavy (non-hydrogen) atoms. The first-order chi connectivity index (χ1) is 9.10. The Bertz CT molecular complexity index is 489. The molecule has 1 aliphatic rings. The first-order valence-corrected chi connectivity index (χ1v) is 10.1. The lowest BCUT2D eigenvalue weighted by Crippen LogP contribution is -2.34. The summed E-state index contributed by atoms with van der Waals surface area (Å²) in [4.78, 5) is 0.410. The molecule has 1 heterocycles. The first kappa shape index (κ1) is 15.2. The van der Waals surface area contributed by atoms with Gasteiger partial charge in [0, 0.05) is 36.1 Å². The Morgan fingerprint density at radius 3 is 2.00 bits per heavy atom. The maximum absolute atomic E-state index is 12.6. The van der Waals surface area contributed by atoms with E-state index in [4.69, 9.17) is 0 Å². The normalized spacial score (nSPS) is 19.4. The molecule has 0 saturated carbocycles. The molecule has 1 saturated heterocycles. The molecule has 0 bridgehead atoms. The lowest BCUT2D eigenvalue weighted by molar-refractivity contribution is 0.450. The zero-order chi connectivity index (χ0) is 13.7. The van der Waals surface area contributed by atoms with Gasteiger partial charge < -0.3 is 0 Å². The average molecular weight is 318 g/mol. The van der Waals surface area contributed by atoms with Gasteiger partial charge in [-0.1, -0.05) is 17.7 Å². The number of aryl methyl sites for hydroxylation is 1. The van der Waals surface area contributed by atoms with Gasteiger partial charge >= 0.3 is 0 Å². The number of benzene rings is 1. The third kappa shape index (κ3) is 4.15. The molecule has 106 valence electrons. The molecule has 1 aromatic rings. The van der Waals surface area contributed by atoms with Crippen molar-refractivity contribution in [2.45, 2.75) is 11.8 Å². The summed E-state index contributed by atoms with van der Waals surface area (Å²) >= 11 is 3.67. The van der Waals surface area contributed by atoms with Gasteiger partial charge in [0.15, 0.2) is 0 Å². The molecule has 0 atom stereocenters. The predicted octanol–water partition coefficient (Wildman–Crippen LogP) is 2.47. The molecule has 1 aliphatic heterocycles. The number of sulfonamides is 1. The van der Waals surface area contributed by atoms with Crippen LogP contribution >= 0.6 is 23.5 Å². The summed E-state index contributed by atoms with van der Waals surface area (Å²) in [6.45, 7) is 3.19. The Morgan fingerprint density at radius 1 is 0.947 bits per heavy atom. The standard InChI is InChI=1S/C13H19NO2S3/c1-12-2-4-13(5-3-12)19(15,16)14-6-8-17-10-11-18-9-7-14/h2-5H,6-11H2,1H3. The Hall–Kier alpha value is -0.170.